The van der Waals surface area contributed by atoms with Crippen LogP contribution in [0.1, 0.15) is 20.3 Å². The zero-order valence-corrected chi connectivity index (χ0v) is 9.79. The van der Waals surface area contributed by atoms with Crippen LogP contribution in [0.4, 0.5) is 10.1 Å². The Bertz CT molecular complexity index is 421. The summed E-state index contributed by atoms with van der Waals surface area (Å²) in [7, 11) is 0. The van der Waals surface area contributed by atoms with Gasteiger partial charge in [-0.2, -0.15) is 0 Å². The molecule has 1 atom stereocenters. The topological polar surface area (TPSA) is 58.2 Å². The molecule has 92 valence electrons. The van der Waals surface area contributed by atoms with Gasteiger partial charge in [-0.1, -0.05) is 13.0 Å². The summed E-state index contributed by atoms with van der Waals surface area (Å²) in [6.45, 7) is 3.70. The Kier molecular flexibility index (Phi) is 4.63. The van der Waals surface area contributed by atoms with Crippen molar-refractivity contribution < 1.29 is 14.0 Å². The van der Waals surface area contributed by atoms with Gasteiger partial charge in [0.2, 0.25) is 0 Å². The highest BCUT2D eigenvalue weighted by molar-refractivity contribution is 6.39. The number of halogens is 1. The lowest BCUT2D eigenvalue weighted by Gasteiger charge is -2.11. The van der Waals surface area contributed by atoms with Crippen LogP contribution < -0.4 is 10.6 Å². The molecule has 1 rings (SSSR count). The van der Waals surface area contributed by atoms with Crippen molar-refractivity contribution in [1.29, 1.82) is 0 Å². The first-order valence-corrected chi connectivity index (χ1v) is 5.40. The first kappa shape index (κ1) is 13.2. The summed E-state index contributed by atoms with van der Waals surface area (Å²) in [6, 6.07) is 5.30. The monoisotopic (exact) mass is 238 g/mol. The highest BCUT2D eigenvalue weighted by atomic mass is 19.1. The Morgan fingerprint density at radius 1 is 1.35 bits per heavy atom. The fraction of sp³-hybridized carbons (Fsp3) is 0.333. The zero-order valence-electron chi connectivity index (χ0n) is 9.79. The van der Waals surface area contributed by atoms with Crippen LogP contribution in [0.5, 0.6) is 0 Å². The third-order valence-electron chi connectivity index (χ3n) is 2.28. The molecule has 0 fully saturated rings. The summed E-state index contributed by atoms with van der Waals surface area (Å²) in [6.07, 6.45) is 0.735. The van der Waals surface area contributed by atoms with Gasteiger partial charge in [-0.25, -0.2) is 4.39 Å². The number of hydrogen-bond donors (Lipinski definition) is 2. The van der Waals surface area contributed by atoms with Gasteiger partial charge in [0.25, 0.3) is 0 Å². The second-order valence-corrected chi connectivity index (χ2v) is 3.75. The summed E-state index contributed by atoms with van der Waals surface area (Å²) in [5.41, 5.74) is 0.259. The van der Waals surface area contributed by atoms with Crippen molar-refractivity contribution in [2.24, 2.45) is 0 Å². The van der Waals surface area contributed by atoms with Crippen molar-refractivity contribution in [2.75, 3.05) is 5.32 Å². The summed E-state index contributed by atoms with van der Waals surface area (Å²) < 4.78 is 12.8. The minimum atomic E-state index is -0.795. The number of nitrogens with one attached hydrogen (secondary N) is 2. The molecule has 2 N–H and O–H groups in total. The predicted molar refractivity (Wildman–Crippen MR) is 62.9 cm³/mol. The van der Waals surface area contributed by atoms with Gasteiger partial charge < -0.3 is 10.6 Å². The first-order valence-electron chi connectivity index (χ1n) is 5.40. The van der Waals surface area contributed by atoms with Gasteiger partial charge in [-0.15, -0.1) is 0 Å². The number of hydrogen-bond acceptors (Lipinski definition) is 2. The molecule has 17 heavy (non-hydrogen) atoms. The van der Waals surface area contributed by atoms with Gasteiger partial charge in [0.05, 0.1) is 0 Å². The smallest absolute Gasteiger partial charge is 0.313 e. The van der Waals surface area contributed by atoms with E-state index in [1.165, 1.54) is 18.2 Å². The molecular formula is C12H15FN2O2. The summed E-state index contributed by atoms with van der Waals surface area (Å²) in [4.78, 5) is 22.8. The number of benzene rings is 1. The Morgan fingerprint density at radius 2 is 2.06 bits per heavy atom. The number of carbonyl (C=O) groups excluding carboxylic acids is 2. The highest BCUT2D eigenvalue weighted by Gasteiger charge is 2.15. The van der Waals surface area contributed by atoms with Gasteiger partial charge in [-0.3, -0.25) is 9.59 Å². The average Bonchev–Trinajstić information content (AvgIpc) is 2.28. The molecule has 1 aromatic carbocycles. The maximum absolute atomic E-state index is 12.8. The highest BCUT2D eigenvalue weighted by Crippen LogP contribution is 2.08. The second-order valence-electron chi connectivity index (χ2n) is 3.75. The normalized spacial score (nSPS) is 11.7. The maximum Gasteiger partial charge on any atom is 0.313 e. The zero-order chi connectivity index (χ0) is 12.8. The van der Waals surface area contributed by atoms with E-state index in [2.05, 4.69) is 10.6 Å². The number of amides is 2. The number of rotatable bonds is 3. The lowest BCUT2D eigenvalue weighted by molar-refractivity contribution is -0.136. The molecule has 2 amide bonds. The van der Waals surface area contributed by atoms with Crippen LogP contribution in [0.25, 0.3) is 0 Å². The lowest BCUT2D eigenvalue weighted by atomic mass is 10.2. The van der Waals surface area contributed by atoms with E-state index in [9.17, 15) is 14.0 Å². The van der Waals surface area contributed by atoms with E-state index >= 15 is 0 Å². The van der Waals surface area contributed by atoms with Crippen molar-refractivity contribution in [3.8, 4) is 0 Å². The number of carbonyl (C=O) groups is 2. The third kappa shape index (κ3) is 4.22. The lowest BCUT2D eigenvalue weighted by Crippen LogP contribution is -2.40. The van der Waals surface area contributed by atoms with E-state index < -0.39 is 17.6 Å². The molecule has 0 bridgehead atoms. The van der Waals surface area contributed by atoms with Crippen LogP contribution in [0.3, 0.4) is 0 Å². The van der Waals surface area contributed by atoms with Crippen LogP contribution in [0.2, 0.25) is 0 Å². The van der Waals surface area contributed by atoms with Crippen LogP contribution in [-0.2, 0) is 9.59 Å². The second kappa shape index (κ2) is 5.98. The SMILES string of the molecule is CC[C@@H](C)NC(=O)C(=O)Nc1cccc(F)c1. The first-order chi connectivity index (χ1) is 8.02. The summed E-state index contributed by atoms with van der Waals surface area (Å²) >= 11 is 0. The molecule has 0 unspecified atom stereocenters. The molecule has 0 heterocycles. The Labute approximate surface area is 99.2 Å². The van der Waals surface area contributed by atoms with E-state index in [1.54, 1.807) is 6.92 Å². The standard InChI is InChI=1S/C12H15FN2O2/c1-3-8(2)14-11(16)12(17)15-10-6-4-5-9(13)7-10/h4-8H,3H2,1-2H3,(H,14,16)(H,15,17)/t8-/m1/s1. The van der Waals surface area contributed by atoms with Gasteiger partial charge >= 0.3 is 11.8 Å². The molecule has 0 aliphatic heterocycles. The van der Waals surface area contributed by atoms with Gasteiger partial charge in [0, 0.05) is 11.7 Å². The molecule has 0 radical (unpaired) electrons. The van der Waals surface area contributed by atoms with Crippen molar-refractivity contribution in [1.82, 2.24) is 5.32 Å². The van der Waals surface area contributed by atoms with E-state index in [4.69, 9.17) is 0 Å². The fourth-order valence-electron chi connectivity index (χ4n) is 1.15. The molecule has 0 saturated carbocycles. The summed E-state index contributed by atoms with van der Waals surface area (Å²) in [5, 5.41) is 4.84. The maximum atomic E-state index is 12.8. The molecule has 0 spiro atoms. The molecule has 1 aromatic rings. The van der Waals surface area contributed by atoms with Gasteiger partial charge in [0.15, 0.2) is 0 Å². The quantitative estimate of drug-likeness (QED) is 0.787. The van der Waals surface area contributed by atoms with Gasteiger partial charge in [-0.05, 0) is 31.5 Å². The third-order valence-corrected chi connectivity index (χ3v) is 2.28. The molecule has 5 heteroatoms. The van der Waals surface area contributed by atoms with E-state index in [0.29, 0.717) is 0 Å². The minimum absolute atomic E-state index is 0.0687. The van der Waals surface area contributed by atoms with Crippen LogP contribution in [-0.4, -0.2) is 17.9 Å². The molecular weight excluding hydrogens is 223 g/mol. The van der Waals surface area contributed by atoms with Crippen molar-refractivity contribution in [3.05, 3.63) is 30.1 Å². The molecule has 0 aromatic heterocycles. The van der Waals surface area contributed by atoms with Crippen molar-refractivity contribution in [2.45, 2.75) is 26.3 Å². The predicted octanol–water partition coefficient (Wildman–Crippen LogP) is 1.68. The molecule has 0 saturated heterocycles. The van der Waals surface area contributed by atoms with Crippen LogP contribution in [0.15, 0.2) is 24.3 Å². The van der Waals surface area contributed by atoms with Crippen molar-refractivity contribution in [3.63, 3.8) is 0 Å². The Morgan fingerprint density at radius 3 is 2.65 bits per heavy atom. The minimum Gasteiger partial charge on any atom is -0.345 e. The largest absolute Gasteiger partial charge is 0.345 e. The van der Waals surface area contributed by atoms with E-state index in [0.717, 1.165) is 12.5 Å². The fourth-order valence-corrected chi connectivity index (χ4v) is 1.15. The molecule has 0 aliphatic rings. The van der Waals surface area contributed by atoms with Crippen LogP contribution in [0, 0.1) is 5.82 Å². The van der Waals surface area contributed by atoms with Crippen LogP contribution >= 0.6 is 0 Å². The molecule has 4 nitrogen and oxygen atoms in total. The number of anilines is 1. The average molecular weight is 238 g/mol. The van der Waals surface area contributed by atoms with E-state index in [1.807, 2.05) is 6.92 Å². The Balaban J connectivity index is 2.57. The Hall–Kier alpha value is -1.91. The molecule has 0 aliphatic carbocycles. The van der Waals surface area contributed by atoms with Gasteiger partial charge in [0.1, 0.15) is 5.82 Å². The van der Waals surface area contributed by atoms with E-state index in [-0.39, 0.29) is 11.7 Å². The van der Waals surface area contributed by atoms with Crippen molar-refractivity contribution >= 4 is 17.5 Å². The summed E-state index contributed by atoms with van der Waals surface area (Å²) in [5.74, 6) is -1.98.